The fourth-order valence-corrected chi connectivity index (χ4v) is 3.35. The molecule has 8 nitrogen and oxygen atoms in total. The van der Waals surface area contributed by atoms with E-state index in [2.05, 4.69) is 25.3 Å². The van der Waals surface area contributed by atoms with Crippen LogP contribution in [-0.4, -0.2) is 43.8 Å². The highest BCUT2D eigenvalue weighted by molar-refractivity contribution is 5.93. The van der Waals surface area contributed by atoms with Crippen LogP contribution in [0.3, 0.4) is 0 Å². The quantitative estimate of drug-likeness (QED) is 0.724. The first-order valence-electron chi connectivity index (χ1n) is 9.17. The number of H-pyrrole nitrogens is 1. The van der Waals surface area contributed by atoms with Crippen LogP contribution in [0.25, 0.3) is 0 Å². The number of rotatable bonds is 4. The predicted octanol–water partition coefficient (Wildman–Crippen LogP) is 2.32. The van der Waals surface area contributed by atoms with Gasteiger partial charge < -0.3 is 15.2 Å². The Balaban J connectivity index is 1.44. The lowest BCUT2D eigenvalue weighted by atomic mass is 9.94. The molecule has 4 rings (SSSR count). The number of nitrogens with zero attached hydrogens (tertiary/aromatic N) is 4. The summed E-state index contributed by atoms with van der Waals surface area (Å²) in [5.41, 5.74) is 1.87. The number of likely N-dealkylation sites (tertiary alicyclic amines) is 1. The highest BCUT2D eigenvalue weighted by atomic mass is 16.2. The Morgan fingerprint density at radius 1 is 1.14 bits per heavy atom. The predicted molar refractivity (Wildman–Crippen MR) is 104 cm³/mol. The van der Waals surface area contributed by atoms with Gasteiger partial charge in [-0.3, -0.25) is 9.59 Å². The van der Waals surface area contributed by atoms with E-state index < -0.39 is 0 Å². The molecule has 0 aliphatic carbocycles. The molecule has 0 bridgehead atoms. The maximum absolute atomic E-state index is 12.9. The molecule has 1 aliphatic heterocycles. The summed E-state index contributed by atoms with van der Waals surface area (Å²) in [6.07, 6.45) is 6.24. The standard InChI is InChI=1S/C20H20N6O2/c27-18-9-17(23-13-24-18)14-5-4-8-26(12-14)19(28)15-10-21-20(22-11-15)25-16-6-2-1-3-7-16/h1-3,6-7,9-11,13-14H,4-5,8,12H2,(H,21,22,25)(H,23,24,27). The Morgan fingerprint density at radius 3 is 2.68 bits per heavy atom. The van der Waals surface area contributed by atoms with E-state index in [1.807, 2.05) is 30.3 Å². The van der Waals surface area contributed by atoms with Crippen LogP contribution in [0.1, 0.15) is 34.8 Å². The van der Waals surface area contributed by atoms with Gasteiger partial charge in [0.1, 0.15) is 0 Å². The van der Waals surface area contributed by atoms with E-state index in [0.29, 0.717) is 24.6 Å². The van der Waals surface area contributed by atoms with Crippen LogP contribution in [0.4, 0.5) is 11.6 Å². The van der Waals surface area contributed by atoms with Crippen molar-refractivity contribution in [2.24, 2.45) is 0 Å². The molecule has 8 heteroatoms. The highest BCUT2D eigenvalue weighted by Gasteiger charge is 2.26. The van der Waals surface area contributed by atoms with Gasteiger partial charge in [-0.1, -0.05) is 18.2 Å². The first kappa shape index (κ1) is 17.8. The first-order chi connectivity index (χ1) is 13.7. The maximum Gasteiger partial charge on any atom is 0.257 e. The maximum atomic E-state index is 12.9. The largest absolute Gasteiger partial charge is 0.338 e. The number of carbonyl (C=O) groups is 1. The number of nitrogens with one attached hydrogen (secondary N) is 2. The van der Waals surface area contributed by atoms with Gasteiger partial charge in [0.15, 0.2) is 0 Å². The third-order valence-electron chi connectivity index (χ3n) is 4.76. The normalized spacial score (nSPS) is 16.6. The minimum Gasteiger partial charge on any atom is -0.338 e. The van der Waals surface area contributed by atoms with Crippen molar-refractivity contribution in [1.82, 2.24) is 24.8 Å². The molecule has 0 radical (unpaired) electrons. The summed E-state index contributed by atoms with van der Waals surface area (Å²) in [6, 6.07) is 11.1. The Morgan fingerprint density at radius 2 is 1.93 bits per heavy atom. The molecule has 1 aromatic carbocycles. The summed E-state index contributed by atoms with van der Waals surface area (Å²) in [5.74, 6) is 0.382. The van der Waals surface area contributed by atoms with Crippen molar-refractivity contribution in [2.75, 3.05) is 18.4 Å². The number of hydrogen-bond acceptors (Lipinski definition) is 6. The lowest BCUT2D eigenvalue weighted by Crippen LogP contribution is -2.39. The second-order valence-electron chi connectivity index (χ2n) is 6.71. The van der Waals surface area contributed by atoms with E-state index in [0.717, 1.165) is 24.2 Å². The average molecular weight is 376 g/mol. The van der Waals surface area contributed by atoms with Gasteiger partial charge in [0.05, 0.1) is 17.6 Å². The van der Waals surface area contributed by atoms with Crippen molar-refractivity contribution >= 4 is 17.5 Å². The molecule has 28 heavy (non-hydrogen) atoms. The molecular weight excluding hydrogens is 356 g/mol. The number of para-hydroxylation sites is 1. The van der Waals surface area contributed by atoms with Crippen LogP contribution in [-0.2, 0) is 0 Å². The molecule has 0 saturated carbocycles. The Hall–Kier alpha value is -3.55. The molecule has 1 aliphatic rings. The molecule has 0 spiro atoms. The minimum absolute atomic E-state index is 0.0555. The topological polar surface area (TPSA) is 104 Å². The Labute approximate surface area is 161 Å². The van der Waals surface area contributed by atoms with Gasteiger partial charge >= 0.3 is 0 Å². The van der Waals surface area contributed by atoms with Crippen LogP contribution in [0.2, 0.25) is 0 Å². The van der Waals surface area contributed by atoms with Crippen LogP contribution in [0, 0.1) is 0 Å². The fourth-order valence-electron chi connectivity index (χ4n) is 3.35. The third-order valence-corrected chi connectivity index (χ3v) is 4.76. The number of anilines is 2. The van der Waals surface area contributed by atoms with Gasteiger partial charge in [0.2, 0.25) is 5.95 Å². The van der Waals surface area contributed by atoms with Gasteiger partial charge in [-0.15, -0.1) is 0 Å². The monoisotopic (exact) mass is 376 g/mol. The zero-order valence-corrected chi connectivity index (χ0v) is 15.2. The van der Waals surface area contributed by atoms with Gasteiger partial charge in [0, 0.05) is 43.2 Å². The van der Waals surface area contributed by atoms with Crippen LogP contribution in [0.5, 0.6) is 0 Å². The van der Waals surface area contributed by atoms with Gasteiger partial charge in [-0.2, -0.15) is 0 Å². The second-order valence-corrected chi connectivity index (χ2v) is 6.71. The van der Waals surface area contributed by atoms with Crippen LogP contribution in [0.15, 0.2) is 59.9 Å². The van der Waals surface area contributed by atoms with Crippen molar-refractivity contribution < 1.29 is 4.79 Å². The minimum atomic E-state index is -0.177. The molecule has 2 aromatic heterocycles. The van der Waals surface area contributed by atoms with Crippen molar-refractivity contribution in [3.63, 3.8) is 0 Å². The molecule has 1 amide bonds. The number of benzene rings is 1. The molecule has 142 valence electrons. The lowest BCUT2D eigenvalue weighted by molar-refractivity contribution is 0.0705. The number of carbonyl (C=O) groups excluding carboxylic acids is 1. The summed E-state index contributed by atoms with van der Waals surface area (Å²) in [7, 11) is 0. The molecule has 1 fully saturated rings. The summed E-state index contributed by atoms with van der Waals surface area (Å²) < 4.78 is 0. The van der Waals surface area contributed by atoms with Crippen molar-refractivity contribution in [3.8, 4) is 0 Å². The van der Waals surface area contributed by atoms with E-state index in [9.17, 15) is 9.59 Å². The number of hydrogen-bond donors (Lipinski definition) is 2. The lowest BCUT2D eigenvalue weighted by Gasteiger charge is -2.32. The fraction of sp³-hybridized carbons (Fsp3) is 0.250. The summed E-state index contributed by atoms with van der Waals surface area (Å²) in [4.78, 5) is 41.4. The average Bonchev–Trinajstić information content (AvgIpc) is 2.75. The molecular formula is C20H20N6O2. The number of amides is 1. The number of aromatic nitrogens is 4. The number of aromatic amines is 1. The highest BCUT2D eigenvalue weighted by Crippen LogP contribution is 2.25. The molecule has 3 aromatic rings. The molecule has 2 N–H and O–H groups in total. The van der Waals surface area contributed by atoms with E-state index >= 15 is 0 Å². The summed E-state index contributed by atoms with van der Waals surface area (Å²) in [5, 5.41) is 3.10. The first-order valence-corrected chi connectivity index (χ1v) is 9.17. The van der Waals surface area contributed by atoms with Crippen molar-refractivity contribution in [3.05, 3.63) is 76.7 Å². The molecule has 3 heterocycles. The molecule has 1 saturated heterocycles. The third kappa shape index (κ3) is 4.06. The Bertz CT molecular complexity index is 1000. The van der Waals surface area contributed by atoms with E-state index in [1.54, 1.807) is 4.90 Å². The number of piperidine rings is 1. The van der Waals surface area contributed by atoms with Crippen molar-refractivity contribution in [2.45, 2.75) is 18.8 Å². The molecule has 1 atom stereocenters. The van der Waals surface area contributed by atoms with Crippen LogP contribution >= 0.6 is 0 Å². The SMILES string of the molecule is O=C(c1cnc(Nc2ccccc2)nc1)N1CCCC(c2cc(=O)[nH]cn2)C1. The molecule has 1 unspecified atom stereocenters. The smallest absolute Gasteiger partial charge is 0.257 e. The summed E-state index contributed by atoms with van der Waals surface area (Å²) >= 11 is 0. The Kier molecular flexibility index (Phi) is 5.09. The zero-order chi connectivity index (χ0) is 19.3. The second kappa shape index (κ2) is 7.99. The van der Waals surface area contributed by atoms with E-state index in [-0.39, 0.29) is 17.4 Å². The van der Waals surface area contributed by atoms with Crippen LogP contribution < -0.4 is 10.9 Å². The van der Waals surface area contributed by atoms with Crippen molar-refractivity contribution in [1.29, 1.82) is 0 Å². The summed E-state index contributed by atoms with van der Waals surface area (Å²) in [6.45, 7) is 1.20. The zero-order valence-electron chi connectivity index (χ0n) is 15.2. The van der Waals surface area contributed by atoms with E-state index in [4.69, 9.17) is 0 Å². The van der Waals surface area contributed by atoms with E-state index in [1.165, 1.54) is 24.8 Å². The van der Waals surface area contributed by atoms with Gasteiger partial charge in [-0.25, -0.2) is 15.0 Å². The van der Waals surface area contributed by atoms with Gasteiger partial charge in [-0.05, 0) is 25.0 Å². The van der Waals surface area contributed by atoms with Gasteiger partial charge in [0.25, 0.3) is 11.5 Å².